The van der Waals surface area contributed by atoms with Gasteiger partial charge < -0.3 is 19.5 Å². The molecular weight excluding hydrogens is 418 g/mol. The van der Waals surface area contributed by atoms with E-state index in [-0.39, 0.29) is 22.4 Å². The summed E-state index contributed by atoms with van der Waals surface area (Å²) in [6, 6.07) is 10.3. The van der Waals surface area contributed by atoms with Crippen LogP contribution < -0.4 is 10.7 Å². The number of rotatable bonds is 10. The summed E-state index contributed by atoms with van der Waals surface area (Å²) in [6.45, 7) is 6.01. The number of benzene rings is 1. The monoisotopic (exact) mass is 453 g/mol. The number of aromatic nitrogens is 1. The number of amides is 2. The lowest BCUT2D eigenvalue weighted by molar-refractivity contribution is 0.0770. The molecule has 1 aliphatic rings. The normalized spacial score (nSPS) is 14.8. The Morgan fingerprint density at radius 3 is 2.30 bits per heavy atom. The van der Waals surface area contributed by atoms with Crippen LogP contribution in [0.25, 0.3) is 0 Å². The molecule has 3 rings (SSSR count). The van der Waals surface area contributed by atoms with Gasteiger partial charge in [0.2, 0.25) is 5.43 Å². The van der Waals surface area contributed by atoms with E-state index < -0.39 is 11.3 Å². The first-order valence-corrected chi connectivity index (χ1v) is 11.8. The number of pyridine rings is 1. The molecule has 2 aromatic rings. The van der Waals surface area contributed by atoms with Gasteiger partial charge in [-0.05, 0) is 32.3 Å². The largest absolute Gasteiger partial charge is 0.383 e. The van der Waals surface area contributed by atoms with Gasteiger partial charge in [0.1, 0.15) is 11.1 Å². The second kappa shape index (κ2) is 11.3. The van der Waals surface area contributed by atoms with Crippen molar-refractivity contribution < 1.29 is 14.3 Å². The van der Waals surface area contributed by atoms with Crippen LogP contribution in [0.4, 0.5) is 0 Å². The summed E-state index contributed by atoms with van der Waals surface area (Å²) >= 11 is 0. The average molecular weight is 454 g/mol. The summed E-state index contributed by atoms with van der Waals surface area (Å²) < 4.78 is 6.84. The molecule has 7 nitrogen and oxygen atoms in total. The fraction of sp³-hybridized carbons (Fsp3) is 0.500. The van der Waals surface area contributed by atoms with E-state index in [0.717, 1.165) is 25.7 Å². The molecule has 178 valence electrons. The van der Waals surface area contributed by atoms with Crippen molar-refractivity contribution in [2.75, 3.05) is 33.4 Å². The topological polar surface area (TPSA) is 80.6 Å². The number of hydrogen-bond donors (Lipinski definition) is 1. The minimum absolute atomic E-state index is 0.00896. The second-order valence-corrected chi connectivity index (χ2v) is 8.66. The highest BCUT2D eigenvalue weighted by Gasteiger charge is 2.36. The lowest BCUT2D eigenvalue weighted by Gasteiger charge is -2.30. The molecule has 0 bridgehead atoms. The SMILES string of the molecule is CCN(CC)C(=O)c1cn(CCOC)cc(C(=O)NCC2(c3ccccc3)CCCC2)c1=O. The standard InChI is InChI=1S/C26H35N3O4/c1-4-29(5-2)25(32)22-18-28(15-16-33-3)17-21(23(22)30)24(31)27-19-26(13-9-10-14-26)20-11-7-6-8-12-20/h6-8,11-12,17-18H,4-5,9-10,13-16,19H2,1-3H3,(H,27,31). The zero-order chi connectivity index (χ0) is 23.8. The molecule has 0 atom stereocenters. The highest BCUT2D eigenvalue weighted by molar-refractivity contribution is 5.99. The summed E-state index contributed by atoms with van der Waals surface area (Å²) in [5.74, 6) is -0.801. The predicted molar refractivity (Wildman–Crippen MR) is 129 cm³/mol. The van der Waals surface area contributed by atoms with Crippen LogP contribution >= 0.6 is 0 Å². The lowest BCUT2D eigenvalue weighted by atomic mass is 9.79. The summed E-state index contributed by atoms with van der Waals surface area (Å²) in [5, 5.41) is 3.02. The van der Waals surface area contributed by atoms with E-state index in [9.17, 15) is 14.4 Å². The molecule has 1 saturated carbocycles. The molecule has 1 heterocycles. The van der Waals surface area contributed by atoms with Crippen molar-refractivity contribution in [1.29, 1.82) is 0 Å². The fourth-order valence-corrected chi connectivity index (χ4v) is 4.71. The van der Waals surface area contributed by atoms with Gasteiger partial charge in [0.05, 0.1) is 6.61 Å². The van der Waals surface area contributed by atoms with Crippen molar-refractivity contribution >= 4 is 11.8 Å². The molecule has 0 saturated heterocycles. The van der Waals surface area contributed by atoms with E-state index >= 15 is 0 Å². The molecule has 33 heavy (non-hydrogen) atoms. The Labute approximate surface area is 195 Å². The predicted octanol–water partition coefficient (Wildman–Crippen LogP) is 3.22. The molecule has 2 amide bonds. The first-order chi connectivity index (χ1) is 16.0. The van der Waals surface area contributed by atoms with Crippen molar-refractivity contribution in [3.63, 3.8) is 0 Å². The van der Waals surface area contributed by atoms with Gasteiger partial charge in [0.25, 0.3) is 11.8 Å². The molecule has 0 spiro atoms. The van der Waals surface area contributed by atoms with Crippen LogP contribution in [0, 0.1) is 0 Å². The third kappa shape index (κ3) is 5.53. The zero-order valence-electron chi connectivity index (χ0n) is 19.9. The number of nitrogens with one attached hydrogen (secondary N) is 1. The van der Waals surface area contributed by atoms with Gasteiger partial charge in [-0.25, -0.2) is 0 Å². The van der Waals surface area contributed by atoms with Crippen molar-refractivity contribution in [2.45, 2.75) is 51.5 Å². The molecule has 1 aromatic heterocycles. The molecule has 1 aliphatic carbocycles. The summed E-state index contributed by atoms with van der Waals surface area (Å²) in [4.78, 5) is 41.0. The number of nitrogens with zero attached hydrogens (tertiary/aromatic N) is 2. The highest BCUT2D eigenvalue weighted by atomic mass is 16.5. The van der Waals surface area contributed by atoms with Crippen molar-refractivity contribution in [1.82, 2.24) is 14.8 Å². The van der Waals surface area contributed by atoms with Crippen LogP contribution in [-0.4, -0.2) is 54.6 Å². The van der Waals surface area contributed by atoms with Gasteiger partial charge in [-0.15, -0.1) is 0 Å². The van der Waals surface area contributed by atoms with E-state index in [1.54, 1.807) is 16.6 Å². The van der Waals surface area contributed by atoms with Gasteiger partial charge in [0, 0.05) is 51.1 Å². The maximum Gasteiger partial charge on any atom is 0.259 e. The average Bonchev–Trinajstić information content (AvgIpc) is 3.33. The molecular formula is C26H35N3O4. The highest BCUT2D eigenvalue weighted by Crippen LogP contribution is 2.40. The van der Waals surface area contributed by atoms with Crippen molar-refractivity contribution in [3.8, 4) is 0 Å². The van der Waals surface area contributed by atoms with E-state index in [0.29, 0.717) is 32.8 Å². The van der Waals surface area contributed by atoms with Gasteiger partial charge in [-0.3, -0.25) is 14.4 Å². The van der Waals surface area contributed by atoms with Crippen LogP contribution in [-0.2, 0) is 16.7 Å². The van der Waals surface area contributed by atoms with Crippen LogP contribution in [0.1, 0.15) is 65.8 Å². The van der Waals surface area contributed by atoms with Crippen LogP contribution in [0.2, 0.25) is 0 Å². The summed E-state index contributed by atoms with van der Waals surface area (Å²) in [5.41, 5.74) is 0.566. The molecule has 0 aliphatic heterocycles. The first kappa shape index (κ1) is 24.7. The summed E-state index contributed by atoms with van der Waals surface area (Å²) in [7, 11) is 1.59. The number of carbonyl (C=O) groups excluding carboxylic acids is 2. The molecule has 7 heteroatoms. The minimum Gasteiger partial charge on any atom is -0.383 e. The molecule has 0 radical (unpaired) electrons. The van der Waals surface area contributed by atoms with Gasteiger partial charge in [0.15, 0.2) is 0 Å². The Balaban J connectivity index is 1.90. The number of methoxy groups -OCH3 is 1. The molecule has 1 aromatic carbocycles. The van der Waals surface area contributed by atoms with E-state index in [1.165, 1.54) is 18.0 Å². The van der Waals surface area contributed by atoms with Crippen molar-refractivity contribution in [2.24, 2.45) is 0 Å². The number of ether oxygens (including phenoxy) is 1. The Kier molecular flexibility index (Phi) is 8.44. The summed E-state index contributed by atoms with van der Waals surface area (Å²) in [6.07, 6.45) is 7.28. The quantitative estimate of drug-likeness (QED) is 0.599. The lowest BCUT2D eigenvalue weighted by Crippen LogP contribution is -2.42. The Morgan fingerprint density at radius 1 is 1.06 bits per heavy atom. The van der Waals surface area contributed by atoms with E-state index in [2.05, 4.69) is 17.4 Å². The third-order valence-electron chi connectivity index (χ3n) is 6.69. The van der Waals surface area contributed by atoms with Gasteiger partial charge >= 0.3 is 0 Å². The first-order valence-electron chi connectivity index (χ1n) is 11.8. The molecule has 1 fully saturated rings. The molecule has 1 N–H and O–H groups in total. The number of hydrogen-bond acceptors (Lipinski definition) is 4. The van der Waals surface area contributed by atoms with Crippen molar-refractivity contribution in [3.05, 3.63) is 69.6 Å². The molecule has 0 unspecified atom stereocenters. The maximum absolute atomic E-state index is 13.2. The Hall–Kier alpha value is -2.93. The van der Waals surface area contributed by atoms with Crippen LogP contribution in [0.15, 0.2) is 47.5 Å². The number of carbonyl (C=O) groups is 2. The smallest absolute Gasteiger partial charge is 0.259 e. The van der Waals surface area contributed by atoms with Crippen LogP contribution in [0.3, 0.4) is 0 Å². The zero-order valence-corrected chi connectivity index (χ0v) is 19.9. The Bertz CT molecular complexity index is 1010. The maximum atomic E-state index is 13.2. The van der Waals surface area contributed by atoms with E-state index in [4.69, 9.17) is 4.74 Å². The third-order valence-corrected chi connectivity index (χ3v) is 6.69. The minimum atomic E-state index is -0.529. The van der Waals surface area contributed by atoms with Crippen LogP contribution in [0.5, 0.6) is 0 Å². The second-order valence-electron chi connectivity index (χ2n) is 8.66. The van der Waals surface area contributed by atoms with Gasteiger partial charge in [-0.2, -0.15) is 0 Å². The Morgan fingerprint density at radius 2 is 1.70 bits per heavy atom. The fourth-order valence-electron chi connectivity index (χ4n) is 4.71. The van der Waals surface area contributed by atoms with Gasteiger partial charge in [-0.1, -0.05) is 43.2 Å². The van der Waals surface area contributed by atoms with E-state index in [1.807, 2.05) is 32.0 Å².